The summed E-state index contributed by atoms with van der Waals surface area (Å²) in [6, 6.07) is 16.3. The van der Waals surface area contributed by atoms with Gasteiger partial charge in [0, 0.05) is 0 Å². The number of anilines is 1. The highest BCUT2D eigenvalue weighted by molar-refractivity contribution is 8.19. The van der Waals surface area contributed by atoms with Gasteiger partial charge in [-0.1, -0.05) is 18.2 Å². The summed E-state index contributed by atoms with van der Waals surface area (Å²) in [6.45, 7) is 8.14. The molecule has 5 nitrogen and oxygen atoms in total. The van der Waals surface area contributed by atoms with Gasteiger partial charge in [-0.2, -0.15) is 0 Å². The Kier molecular flexibility index (Phi) is 5.80. The Morgan fingerprint density at radius 1 is 0.812 bits per heavy atom. The Morgan fingerprint density at radius 2 is 1.50 bits per heavy atom. The van der Waals surface area contributed by atoms with Crippen LogP contribution in [0, 0.1) is 27.7 Å². The Morgan fingerprint density at radius 3 is 2.16 bits per heavy atom. The highest BCUT2D eigenvalue weighted by atomic mass is 32.2. The van der Waals surface area contributed by atoms with Gasteiger partial charge in [0.05, 0.1) is 16.3 Å². The maximum atomic E-state index is 13.4. The molecule has 32 heavy (non-hydrogen) atoms. The highest BCUT2D eigenvalue weighted by Crippen LogP contribution is 2.38. The molecule has 4 rings (SSSR count). The second-order valence-corrected chi connectivity index (χ2v) is 8.94. The standard InChI is InChI=1S/C26H24N2O3S/c1-15-5-8-20(11-17(15)3)27-26-28(21-9-6-16(2)18(4)12-21)25(31)24(32-26)14-19-7-10-22(29)23(30)13-19/h5-14,29-30H,1-4H3/b24-14-,27-26?. The van der Waals surface area contributed by atoms with Gasteiger partial charge < -0.3 is 10.2 Å². The number of phenols is 2. The van der Waals surface area contributed by atoms with E-state index in [0.717, 1.165) is 28.1 Å². The van der Waals surface area contributed by atoms with Crippen molar-refractivity contribution in [2.45, 2.75) is 27.7 Å². The van der Waals surface area contributed by atoms with Crippen molar-refractivity contribution in [3.8, 4) is 11.5 Å². The molecule has 0 saturated carbocycles. The molecule has 1 heterocycles. The molecule has 0 radical (unpaired) electrons. The number of aryl methyl sites for hydroxylation is 4. The van der Waals surface area contributed by atoms with Crippen LogP contribution in [-0.4, -0.2) is 21.3 Å². The summed E-state index contributed by atoms with van der Waals surface area (Å²) < 4.78 is 0. The predicted octanol–water partition coefficient (Wildman–Crippen LogP) is 6.14. The average molecular weight is 445 g/mol. The summed E-state index contributed by atoms with van der Waals surface area (Å²) in [4.78, 5) is 20.3. The SMILES string of the molecule is Cc1ccc(N=C2S/C(=C\c3ccc(O)c(O)c3)C(=O)N2c2ccc(C)c(C)c2)cc1C. The second kappa shape index (κ2) is 8.55. The molecule has 3 aromatic carbocycles. The first kappa shape index (κ1) is 21.7. The van der Waals surface area contributed by atoms with Gasteiger partial charge in [-0.3, -0.25) is 9.69 Å². The number of hydrogen-bond acceptors (Lipinski definition) is 5. The van der Waals surface area contributed by atoms with E-state index in [1.807, 2.05) is 57.2 Å². The molecule has 1 saturated heterocycles. The van der Waals surface area contributed by atoms with Crippen LogP contribution in [0.3, 0.4) is 0 Å². The van der Waals surface area contributed by atoms with Gasteiger partial charge in [0.15, 0.2) is 16.7 Å². The lowest BCUT2D eigenvalue weighted by Crippen LogP contribution is -2.28. The van der Waals surface area contributed by atoms with Gasteiger partial charge >= 0.3 is 0 Å². The Labute approximate surface area is 191 Å². The Balaban J connectivity index is 1.81. The zero-order valence-corrected chi connectivity index (χ0v) is 19.2. The maximum absolute atomic E-state index is 13.4. The van der Waals surface area contributed by atoms with Crippen LogP contribution < -0.4 is 4.90 Å². The molecule has 0 bridgehead atoms. The lowest BCUT2D eigenvalue weighted by molar-refractivity contribution is -0.113. The van der Waals surface area contributed by atoms with E-state index in [4.69, 9.17) is 4.99 Å². The first-order valence-electron chi connectivity index (χ1n) is 10.2. The molecule has 1 amide bonds. The molecule has 1 fully saturated rings. The number of carbonyl (C=O) groups is 1. The number of phenolic OH excluding ortho intramolecular Hbond substituents is 2. The minimum absolute atomic E-state index is 0.187. The molecule has 1 aliphatic rings. The Hall–Kier alpha value is -3.51. The van der Waals surface area contributed by atoms with E-state index in [1.54, 1.807) is 17.0 Å². The van der Waals surface area contributed by atoms with E-state index in [1.165, 1.54) is 29.5 Å². The van der Waals surface area contributed by atoms with E-state index < -0.39 is 0 Å². The lowest BCUT2D eigenvalue weighted by Gasteiger charge is -2.17. The van der Waals surface area contributed by atoms with E-state index in [-0.39, 0.29) is 17.4 Å². The summed E-state index contributed by atoms with van der Waals surface area (Å²) >= 11 is 1.28. The van der Waals surface area contributed by atoms with E-state index in [2.05, 4.69) is 6.92 Å². The van der Waals surface area contributed by atoms with Gasteiger partial charge in [-0.25, -0.2) is 4.99 Å². The molecule has 162 valence electrons. The number of amides is 1. The van der Waals surface area contributed by atoms with Crippen LogP contribution in [0.5, 0.6) is 11.5 Å². The fraction of sp³-hybridized carbons (Fsp3) is 0.154. The third-order valence-electron chi connectivity index (χ3n) is 5.57. The Bertz CT molecular complexity index is 1290. The monoisotopic (exact) mass is 444 g/mol. The second-order valence-electron chi connectivity index (χ2n) is 7.93. The third kappa shape index (κ3) is 4.27. The predicted molar refractivity (Wildman–Crippen MR) is 132 cm³/mol. The molecular formula is C26H24N2O3S. The number of benzene rings is 3. The van der Waals surface area contributed by atoms with Crippen molar-refractivity contribution in [2.75, 3.05) is 4.90 Å². The smallest absolute Gasteiger partial charge is 0.271 e. The first-order valence-corrected chi connectivity index (χ1v) is 11.0. The molecular weight excluding hydrogens is 420 g/mol. The van der Waals surface area contributed by atoms with Crippen molar-refractivity contribution in [3.05, 3.63) is 87.3 Å². The lowest BCUT2D eigenvalue weighted by atomic mass is 10.1. The third-order valence-corrected chi connectivity index (χ3v) is 6.54. The van der Waals surface area contributed by atoms with Crippen LogP contribution in [0.1, 0.15) is 27.8 Å². The number of aliphatic imine (C=N–C) groups is 1. The minimum Gasteiger partial charge on any atom is -0.504 e. The van der Waals surface area contributed by atoms with Gasteiger partial charge in [0.1, 0.15) is 0 Å². The fourth-order valence-corrected chi connectivity index (χ4v) is 4.33. The van der Waals surface area contributed by atoms with Gasteiger partial charge in [0.2, 0.25) is 0 Å². The highest BCUT2D eigenvalue weighted by Gasteiger charge is 2.35. The number of nitrogens with zero attached hydrogens (tertiary/aromatic N) is 2. The van der Waals surface area contributed by atoms with Crippen molar-refractivity contribution in [2.24, 2.45) is 4.99 Å². The molecule has 0 aliphatic carbocycles. The normalized spacial score (nSPS) is 16.4. The summed E-state index contributed by atoms with van der Waals surface area (Å²) in [6.07, 6.45) is 1.70. The topological polar surface area (TPSA) is 73.1 Å². The van der Waals surface area contributed by atoms with Crippen molar-refractivity contribution in [3.63, 3.8) is 0 Å². The number of rotatable bonds is 3. The van der Waals surface area contributed by atoms with Crippen molar-refractivity contribution < 1.29 is 15.0 Å². The van der Waals surface area contributed by atoms with Gasteiger partial charge in [-0.05, 0) is 110 Å². The van der Waals surface area contributed by atoms with Crippen molar-refractivity contribution in [1.82, 2.24) is 0 Å². The number of aromatic hydroxyl groups is 2. The number of amidine groups is 1. The summed E-state index contributed by atoms with van der Waals surface area (Å²) in [5.74, 6) is -0.621. The zero-order chi connectivity index (χ0) is 23.0. The molecule has 3 aromatic rings. The molecule has 0 atom stereocenters. The number of thioether (sulfide) groups is 1. The minimum atomic E-state index is -0.232. The number of carbonyl (C=O) groups excluding carboxylic acids is 1. The van der Waals surface area contributed by atoms with Crippen LogP contribution in [0.15, 0.2) is 64.5 Å². The van der Waals surface area contributed by atoms with Crippen molar-refractivity contribution >= 4 is 40.3 Å². The molecule has 0 aromatic heterocycles. The van der Waals surface area contributed by atoms with E-state index >= 15 is 0 Å². The van der Waals surface area contributed by atoms with E-state index in [9.17, 15) is 15.0 Å². The molecule has 2 N–H and O–H groups in total. The maximum Gasteiger partial charge on any atom is 0.271 e. The molecule has 1 aliphatic heterocycles. The van der Waals surface area contributed by atoms with Crippen LogP contribution in [0.2, 0.25) is 0 Å². The van der Waals surface area contributed by atoms with Gasteiger partial charge in [-0.15, -0.1) is 0 Å². The quantitative estimate of drug-likeness (QED) is 0.376. The van der Waals surface area contributed by atoms with Crippen LogP contribution >= 0.6 is 11.8 Å². The first-order chi connectivity index (χ1) is 15.2. The largest absolute Gasteiger partial charge is 0.504 e. The molecule has 0 spiro atoms. The average Bonchev–Trinajstić information content (AvgIpc) is 3.04. The molecule has 0 unspecified atom stereocenters. The summed E-state index contributed by atoms with van der Waals surface area (Å²) in [5.41, 5.74) is 6.70. The number of hydrogen-bond donors (Lipinski definition) is 2. The summed E-state index contributed by atoms with van der Waals surface area (Å²) in [7, 11) is 0. The summed E-state index contributed by atoms with van der Waals surface area (Å²) in [5, 5.41) is 20.0. The van der Waals surface area contributed by atoms with E-state index in [0.29, 0.717) is 15.6 Å². The van der Waals surface area contributed by atoms with Crippen molar-refractivity contribution in [1.29, 1.82) is 0 Å². The fourth-order valence-electron chi connectivity index (χ4n) is 3.33. The van der Waals surface area contributed by atoms with Crippen LogP contribution in [0.25, 0.3) is 6.08 Å². The van der Waals surface area contributed by atoms with Crippen LogP contribution in [-0.2, 0) is 4.79 Å². The van der Waals surface area contributed by atoms with Gasteiger partial charge in [0.25, 0.3) is 5.91 Å². The zero-order valence-electron chi connectivity index (χ0n) is 18.4. The van der Waals surface area contributed by atoms with Crippen LogP contribution in [0.4, 0.5) is 11.4 Å². The molecule has 6 heteroatoms.